The van der Waals surface area contributed by atoms with Gasteiger partial charge in [-0.15, -0.1) is 0 Å². The summed E-state index contributed by atoms with van der Waals surface area (Å²) in [6, 6.07) is 13.3. The molecule has 94 valence electrons. The second kappa shape index (κ2) is 5.63. The van der Waals surface area contributed by atoms with Gasteiger partial charge in [0.15, 0.2) is 0 Å². The zero-order chi connectivity index (χ0) is 13.0. The quantitative estimate of drug-likeness (QED) is 0.823. The molecule has 0 saturated heterocycles. The predicted molar refractivity (Wildman–Crippen MR) is 72.1 cm³/mol. The number of nitrogens with one attached hydrogen (secondary N) is 1. The van der Waals surface area contributed by atoms with Gasteiger partial charge < -0.3 is 5.32 Å². The van der Waals surface area contributed by atoms with Gasteiger partial charge in [0.2, 0.25) is 5.95 Å². The summed E-state index contributed by atoms with van der Waals surface area (Å²) in [4.78, 5) is 3.79. The molecule has 0 aliphatic heterocycles. The molecule has 1 N–H and O–H groups in total. The highest BCUT2D eigenvalue weighted by Crippen LogP contribution is 2.18. The SMILES string of the molecule is CCc1ccc(C(C)Nc2cccc(F)n2)cc1. The van der Waals surface area contributed by atoms with Crippen molar-refractivity contribution in [1.29, 1.82) is 0 Å². The van der Waals surface area contributed by atoms with Crippen molar-refractivity contribution >= 4 is 5.82 Å². The highest BCUT2D eigenvalue weighted by molar-refractivity contribution is 5.38. The van der Waals surface area contributed by atoms with Gasteiger partial charge in [-0.05, 0) is 36.6 Å². The lowest BCUT2D eigenvalue weighted by atomic mass is 10.1. The first-order valence-corrected chi connectivity index (χ1v) is 6.17. The Morgan fingerprint density at radius 2 is 1.89 bits per heavy atom. The zero-order valence-corrected chi connectivity index (χ0v) is 10.7. The van der Waals surface area contributed by atoms with Crippen LogP contribution in [0.15, 0.2) is 42.5 Å². The van der Waals surface area contributed by atoms with Crippen LogP contribution in [0.4, 0.5) is 10.2 Å². The fourth-order valence-corrected chi connectivity index (χ4v) is 1.84. The van der Waals surface area contributed by atoms with Crippen LogP contribution in [0.1, 0.15) is 31.0 Å². The Bertz CT molecular complexity index is 508. The van der Waals surface area contributed by atoms with Crippen molar-refractivity contribution in [3.63, 3.8) is 0 Å². The van der Waals surface area contributed by atoms with E-state index in [0.29, 0.717) is 5.82 Å². The van der Waals surface area contributed by atoms with E-state index in [-0.39, 0.29) is 6.04 Å². The summed E-state index contributed by atoms with van der Waals surface area (Å²) in [5.74, 6) is 0.0931. The molecule has 2 aromatic rings. The molecule has 0 aliphatic carbocycles. The van der Waals surface area contributed by atoms with Crippen LogP contribution in [0.25, 0.3) is 0 Å². The minimum atomic E-state index is -0.464. The molecular weight excluding hydrogens is 227 g/mol. The van der Waals surface area contributed by atoms with E-state index >= 15 is 0 Å². The molecular formula is C15H17FN2. The minimum absolute atomic E-state index is 0.102. The molecule has 0 radical (unpaired) electrons. The summed E-state index contributed by atoms with van der Waals surface area (Å²) in [5, 5.41) is 3.19. The first kappa shape index (κ1) is 12.6. The largest absolute Gasteiger partial charge is 0.363 e. The number of hydrogen-bond donors (Lipinski definition) is 1. The Morgan fingerprint density at radius 3 is 2.50 bits per heavy atom. The van der Waals surface area contributed by atoms with Gasteiger partial charge in [0.25, 0.3) is 0 Å². The highest BCUT2D eigenvalue weighted by Gasteiger charge is 2.06. The number of rotatable bonds is 4. The molecule has 1 aromatic carbocycles. The van der Waals surface area contributed by atoms with Crippen LogP contribution in [-0.2, 0) is 6.42 Å². The molecule has 0 fully saturated rings. The number of anilines is 1. The van der Waals surface area contributed by atoms with Crippen LogP contribution in [-0.4, -0.2) is 4.98 Å². The van der Waals surface area contributed by atoms with Gasteiger partial charge in [-0.1, -0.05) is 37.3 Å². The Hall–Kier alpha value is -1.90. The molecule has 0 amide bonds. The average molecular weight is 244 g/mol. The van der Waals surface area contributed by atoms with Crippen LogP contribution in [0, 0.1) is 5.95 Å². The van der Waals surface area contributed by atoms with Crippen molar-refractivity contribution in [3.05, 3.63) is 59.5 Å². The van der Waals surface area contributed by atoms with Gasteiger partial charge in [0.1, 0.15) is 5.82 Å². The van der Waals surface area contributed by atoms with Gasteiger partial charge in [-0.3, -0.25) is 0 Å². The van der Waals surface area contributed by atoms with Gasteiger partial charge >= 0.3 is 0 Å². The highest BCUT2D eigenvalue weighted by atomic mass is 19.1. The lowest BCUT2D eigenvalue weighted by Crippen LogP contribution is -2.08. The van der Waals surface area contributed by atoms with Crippen molar-refractivity contribution in [2.75, 3.05) is 5.32 Å². The maximum Gasteiger partial charge on any atom is 0.214 e. The fourth-order valence-electron chi connectivity index (χ4n) is 1.84. The maximum absolute atomic E-state index is 13.0. The number of aromatic nitrogens is 1. The Kier molecular flexibility index (Phi) is 3.92. The van der Waals surface area contributed by atoms with Crippen LogP contribution < -0.4 is 5.32 Å². The van der Waals surface area contributed by atoms with E-state index in [9.17, 15) is 4.39 Å². The van der Waals surface area contributed by atoms with E-state index in [1.807, 2.05) is 6.92 Å². The van der Waals surface area contributed by atoms with E-state index in [0.717, 1.165) is 6.42 Å². The van der Waals surface area contributed by atoms with E-state index in [2.05, 4.69) is 41.5 Å². The third-order valence-electron chi connectivity index (χ3n) is 2.97. The van der Waals surface area contributed by atoms with E-state index in [1.165, 1.54) is 17.2 Å². The molecule has 0 saturated carbocycles. The van der Waals surface area contributed by atoms with Crippen molar-refractivity contribution in [2.24, 2.45) is 0 Å². The Morgan fingerprint density at radius 1 is 1.17 bits per heavy atom. The lowest BCUT2D eigenvalue weighted by molar-refractivity contribution is 0.584. The number of hydrogen-bond acceptors (Lipinski definition) is 2. The Balaban J connectivity index is 2.09. The molecule has 2 nitrogen and oxygen atoms in total. The smallest absolute Gasteiger partial charge is 0.214 e. The number of aryl methyl sites for hydroxylation is 1. The van der Waals surface area contributed by atoms with Crippen molar-refractivity contribution in [3.8, 4) is 0 Å². The van der Waals surface area contributed by atoms with Crippen LogP contribution in [0.3, 0.4) is 0 Å². The van der Waals surface area contributed by atoms with Gasteiger partial charge in [-0.2, -0.15) is 4.39 Å². The second-order valence-electron chi connectivity index (χ2n) is 4.31. The number of halogens is 1. The maximum atomic E-state index is 13.0. The number of pyridine rings is 1. The third-order valence-corrected chi connectivity index (χ3v) is 2.97. The molecule has 2 rings (SSSR count). The summed E-state index contributed by atoms with van der Waals surface area (Å²) in [5.41, 5.74) is 2.48. The molecule has 3 heteroatoms. The minimum Gasteiger partial charge on any atom is -0.363 e. The van der Waals surface area contributed by atoms with Crippen molar-refractivity contribution < 1.29 is 4.39 Å². The summed E-state index contributed by atoms with van der Waals surface area (Å²) in [6.07, 6.45) is 1.04. The molecule has 1 atom stereocenters. The van der Waals surface area contributed by atoms with Crippen molar-refractivity contribution in [2.45, 2.75) is 26.3 Å². The first-order valence-electron chi connectivity index (χ1n) is 6.17. The summed E-state index contributed by atoms with van der Waals surface area (Å²) in [6.45, 7) is 4.17. The Labute approximate surface area is 107 Å². The first-order chi connectivity index (χ1) is 8.69. The van der Waals surface area contributed by atoms with Gasteiger partial charge in [0.05, 0.1) is 0 Å². The molecule has 0 bridgehead atoms. The standard InChI is InChI=1S/C15H17FN2/c1-3-12-7-9-13(10-8-12)11(2)17-15-6-4-5-14(16)18-15/h4-11H,3H2,1-2H3,(H,17,18). The molecule has 18 heavy (non-hydrogen) atoms. The lowest BCUT2D eigenvalue weighted by Gasteiger charge is -2.15. The van der Waals surface area contributed by atoms with Gasteiger partial charge in [0, 0.05) is 6.04 Å². The second-order valence-corrected chi connectivity index (χ2v) is 4.31. The van der Waals surface area contributed by atoms with Gasteiger partial charge in [-0.25, -0.2) is 4.98 Å². The van der Waals surface area contributed by atoms with Crippen LogP contribution in [0.2, 0.25) is 0 Å². The molecule has 0 spiro atoms. The van der Waals surface area contributed by atoms with Crippen LogP contribution in [0.5, 0.6) is 0 Å². The van der Waals surface area contributed by atoms with E-state index in [4.69, 9.17) is 0 Å². The monoisotopic (exact) mass is 244 g/mol. The zero-order valence-electron chi connectivity index (χ0n) is 10.7. The third kappa shape index (κ3) is 3.06. The number of nitrogens with zero attached hydrogens (tertiary/aromatic N) is 1. The molecule has 1 unspecified atom stereocenters. The molecule has 0 aliphatic rings. The van der Waals surface area contributed by atoms with E-state index < -0.39 is 5.95 Å². The van der Waals surface area contributed by atoms with E-state index in [1.54, 1.807) is 12.1 Å². The normalized spacial score (nSPS) is 12.2. The number of benzene rings is 1. The van der Waals surface area contributed by atoms with Crippen LogP contribution >= 0.6 is 0 Å². The fraction of sp³-hybridized carbons (Fsp3) is 0.267. The summed E-state index contributed by atoms with van der Waals surface area (Å²) in [7, 11) is 0. The van der Waals surface area contributed by atoms with Crippen molar-refractivity contribution in [1.82, 2.24) is 4.98 Å². The topological polar surface area (TPSA) is 24.9 Å². The molecule has 1 heterocycles. The predicted octanol–water partition coefficient (Wildman–Crippen LogP) is 3.96. The molecule has 1 aromatic heterocycles. The average Bonchev–Trinajstić information content (AvgIpc) is 2.39. The summed E-state index contributed by atoms with van der Waals surface area (Å²) >= 11 is 0. The summed E-state index contributed by atoms with van der Waals surface area (Å²) < 4.78 is 13.0.